The molecule has 1 rings (SSSR count). The molecule has 0 bridgehead atoms. The maximum Gasteiger partial charge on any atom is 0.252 e. The molecular weight excluding hydrogens is 230 g/mol. The summed E-state index contributed by atoms with van der Waals surface area (Å²) in [4.78, 5) is 11.6. The first kappa shape index (κ1) is 14.5. The highest BCUT2D eigenvalue weighted by atomic mass is 16.5. The molecule has 0 aromatic heterocycles. The number of carbonyl (C=O) groups excluding carboxylic acids is 1. The Hall–Kier alpha value is -1.55. The van der Waals surface area contributed by atoms with Crippen LogP contribution in [0.15, 0.2) is 24.3 Å². The third-order valence-corrected chi connectivity index (χ3v) is 2.84. The van der Waals surface area contributed by atoms with Crippen molar-refractivity contribution in [3.05, 3.63) is 29.8 Å². The molecule has 0 saturated carbocycles. The van der Waals surface area contributed by atoms with E-state index in [0.29, 0.717) is 11.7 Å². The van der Waals surface area contributed by atoms with E-state index in [0.717, 1.165) is 24.2 Å². The molecule has 0 saturated heterocycles. The molecule has 0 aliphatic heterocycles. The van der Waals surface area contributed by atoms with Crippen molar-refractivity contribution in [2.24, 2.45) is 0 Å². The van der Waals surface area contributed by atoms with Crippen LogP contribution in [0, 0.1) is 0 Å². The van der Waals surface area contributed by atoms with Gasteiger partial charge >= 0.3 is 0 Å². The maximum atomic E-state index is 11.6. The number of nitrogens with zero attached hydrogens (tertiary/aromatic N) is 1. The zero-order valence-electron chi connectivity index (χ0n) is 11.2. The summed E-state index contributed by atoms with van der Waals surface area (Å²) in [5, 5.41) is 9.73. The summed E-state index contributed by atoms with van der Waals surface area (Å²) in [5.74, 6) is 0.128. The molecule has 1 aromatic carbocycles. The van der Waals surface area contributed by atoms with Gasteiger partial charge in [0.1, 0.15) is 5.75 Å². The Labute approximate surface area is 108 Å². The number of unbranched alkanes of at least 4 members (excludes halogenated alkanes) is 1. The molecule has 1 aromatic rings. The molecule has 1 N–H and O–H groups in total. The second-order valence-corrected chi connectivity index (χ2v) is 4.35. The van der Waals surface area contributed by atoms with Crippen molar-refractivity contribution in [1.29, 1.82) is 0 Å². The van der Waals surface area contributed by atoms with E-state index in [9.17, 15) is 4.79 Å². The monoisotopic (exact) mass is 251 g/mol. The second-order valence-electron chi connectivity index (χ2n) is 4.35. The quantitative estimate of drug-likeness (QED) is 0.480. The Balaban J connectivity index is 2.62. The summed E-state index contributed by atoms with van der Waals surface area (Å²) < 4.78 is 5.54. The minimum absolute atomic E-state index is 0.324. The summed E-state index contributed by atoms with van der Waals surface area (Å²) in [6.45, 7) is 4.59. The van der Waals surface area contributed by atoms with E-state index in [1.807, 2.05) is 24.3 Å². The number of benzene rings is 1. The Kier molecular flexibility index (Phi) is 5.65. The lowest BCUT2D eigenvalue weighted by Gasteiger charge is -2.15. The van der Waals surface area contributed by atoms with Gasteiger partial charge in [-0.25, -0.2) is 5.06 Å². The molecule has 0 spiro atoms. The Bertz CT molecular complexity index is 373. The molecule has 0 fully saturated rings. The molecule has 0 aliphatic rings. The third kappa shape index (κ3) is 4.04. The van der Waals surface area contributed by atoms with Crippen LogP contribution in [0.3, 0.4) is 0 Å². The zero-order valence-corrected chi connectivity index (χ0v) is 11.2. The lowest BCUT2D eigenvalue weighted by molar-refractivity contribution is -0.160. The van der Waals surface area contributed by atoms with Crippen molar-refractivity contribution >= 4 is 5.91 Å². The average Bonchev–Trinajstić information content (AvgIpc) is 2.38. The van der Waals surface area contributed by atoms with Crippen LogP contribution in [0.2, 0.25) is 0 Å². The highest BCUT2D eigenvalue weighted by Crippen LogP contribution is 2.20. The third-order valence-electron chi connectivity index (χ3n) is 2.84. The molecule has 1 amide bonds. The van der Waals surface area contributed by atoms with Crippen molar-refractivity contribution in [3.8, 4) is 5.75 Å². The summed E-state index contributed by atoms with van der Waals surface area (Å²) >= 11 is 0. The van der Waals surface area contributed by atoms with E-state index in [1.165, 1.54) is 7.05 Å². The number of likely N-dealkylation sites (N-methyl/N-ethyl adjacent to an activating group) is 1. The highest BCUT2D eigenvalue weighted by Gasteiger charge is 2.17. The largest absolute Gasteiger partial charge is 0.494 e. The number of hydrogen-bond donors (Lipinski definition) is 1. The van der Waals surface area contributed by atoms with Crippen LogP contribution in [0.25, 0.3) is 0 Å². The van der Waals surface area contributed by atoms with Gasteiger partial charge in [-0.3, -0.25) is 10.0 Å². The molecule has 0 radical (unpaired) electrons. The van der Waals surface area contributed by atoms with E-state index < -0.39 is 0 Å². The lowest BCUT2D eigenvalue weighted by Crippen LogP contribution is -2.27. The van der Waals surface area contributed by atoms with Gasteiger partial charge in [-0.1, -0.05) is 25.5 Å². The van der Waals surface area contributed by atoms with Crippen molar-refractivity contribution in [1.82, 2.24) is 5.06 Å². The Morgan fingerprint density at radius 3 is 2.50 bits per heavy atom. The normalized spacial score (nSPS) is 12.0. The number of ether oxygens (including phenoxy) is 1. The maximum absolute atomic E-state index is 11.6. The Morgan fingerprint density at radius 1 is 1.39 bits per heavy atom. The van der Waals surface area contributed by atoms with Crippen LogP contribution in [-0.2, 0) is 4.79 Å². The molecular formula is C14H21NO3. The first-order valence-electron chi connectivity index (χ1n) is 6.25. The van der Waals surface area contributed by atoms with Crippen LogP contribution >= 0.6 is 0 Å². The number of rotatable bonds is 6. The van der Waals surface area contributed by atoms with E-state index in [1.54, 1.807) is 6.92 Å². The standard InChI is InChI=1S/C14H21NO3/c1-4-5-10-18-13-8-6-12(7-9-13)11(2)14(16)15(3)17/h6-9,11,17H,4-5,10H2,1-3H3. The van der Waals surface area contributed by atoms with Gasteiger partial charge in [0, 0.05) is 7.05 Å². The SMILES string of the molecule is CCCCOc1ccc(C(C)C(=O)N(C)O)cc1. The van der Waals surface area contributed by atoms with Crippen LogP contribution in [0.5, 0.6) is 5.75 Å². The van der Waals surface area contributed by atoms with Gasteiger partial charge < -0.3 is 4.74 Å². The molecule has 4 nitrogen and oxygen atoms in total. The summed E-state index contributed by atoms with van der Waals surface area (Å²) in [6.07, 6.45) is 2.14. The van der Waals surface area contributed by atoms with Gasteiger partial charge in [0.15, 0.2) is 0 Å². The predicted molar refractivity (Wildman–Crippen MR) is 69.8 cm³/mol. The van der Waals surface area contributed by atoms with Crippen molar-refractivity contribution in [2.45, 2.75) is 32.6 Å². The molecule has 1 atom stereocenters. The number of hydrogen-bond acceptors (Lipinski definition) is 3. The first-order valence-corrected chi connectivity index (χ1v) is 6.25. The Morgan fingerprint density at radius 2 is 2.00 bits per heavy atom. The smallest absolute Gasteiger partial charge is 0.252 e. The molecule has 1 unspecified atom stereocenters. The van der Waals surface area contributed by atoms with Crippen LogP contribution in [0.1, 0.15) is 38.2 Å². The molecule has 0 heterocycles. The topological polar surface area (TPSA) is 49.8 Å². The van der Waals surface area contributed by atoms with E-state index in [4.69, 9.17) is 9.94 Å². The van der Waals surface area contributed by atoms with Gasteiger partial charge in [0.05, 0.1) is 12.5 Å². The van der Waals surface area contributed by atoms with E-state index in [2.05, 4.69) is 6.92 Å². The fourth-order valence-electron chi connectivity index (χ4n) is 1.61. The fourth-order valence-corrected chi connectivity index (χ4v) is 1.61. The first-order chi connectivity index (χ1) is 8.56. The minimum atomic E-state index is -0.357. The van der Waals surface area contributed by atoms with Crippen LogP contribution in [-0.4, -0.2) is 29.8 Å². The van der Waals surface area contributed by atoms with Gasteiger partial charge in [-0.2, -0.15) is 0 Å². The number of carbonyl (C=O) groups is 1. The molecule has 18 heavy (non-hydrogen) atoms. The van der Waals surface area contributed by atoms with Crippen molar-refractivity contribution in [3.63, 3.8) is 0 Å². The van der Waals surface area contributed by atoms with Crippen LogP contribution < -0.4 is 4.74 Å². The van der Waals surface area contributed by atoms with Gasteiger partial charge in [-0.05, 0) is 31.0 Å². The number of amides is 1. The van der Waals surface area contributed by atoms with Gasteiger partial charge in [0.25, 0.3) is 5.91 Å². The molecule has 0 aliphatic carbocycles. The predicted octanol–water partition coefficient (Wildman–Crippen LogP) is 2.82. The van der Waals surface area contributed by atoms with E-state index >= 15 is 0 Å². The van der Waals surface area contributed by atoms with Crippen molar-refractivity contribution in [2.75, 3.05) is 13.7 Å². The van der Waals surface area contributed by atoms with Crippen LogP contribution in [0.4, 0.5) is 0 Å². The minimum Gasteiger partial charge on any atom is -0.494 e. The van der Waals surface area contributed by atoms with E-state index in [-0.39, 0.29) is 11.8 Å². The summed E-state index contributed by atoms with van der Waals surface area (Å²) in [5.41, 5.74) is 0.865. The molecule has 4 heteroatoms. The average molecular weight is 251 g/mol. The lowest BCUT2D eigenvalue weighted by atomic mass is 10.0. The van der Waals surface area contributed by atoms with Crippen molar-refractivity contribution < 1.29 is 14.7 Å². The summed E-state index contributed by atoms with van der Waals surface area (Å²) in [7, 11) is 1.33. The fraction of sp³-hybridized carbons (Fsp3) is 0.500. The van der Waals surface area contributed by atoms with Gasteiger partial charge in [0.2, 0.25) is 0 Å². The summed E-state index contributed by atoms with van der Waals surface area (Å²) in [6, 6.07) is 7.42. The number of hydroxylamine groups is 2. The molecule has 100 valence electrons. The second kappa shape index (κ2) is 7.01. The highest BCUT2D eigenvalue weighted by molar-refractivity contribution is 5.82. The zero-order chi connectivity index (χ0) is 13.5. The van der Waals surface area contributed by atoms with Gasteiger partial charge in [-0.15, -0.1) is 0 Å².